The van der Waals surface area contributed by atoms with Gasteiger partial charge in [-0.1, -0.05) is 0 Å². The summed E-state index contributed by atoms with van der Waals surface area (Å²) in [5, 5.41) is 2.63. The fourth-order valence-corrected chi connectivity index (χ4v) is 2.92. The maximum atomic E-state index is 12.5. The van der Waals surface area contributed by atoms with Crippen LogP contribution in [0.25, 0.3) is 0 Å². The quantitative estimate of drug-likeness (QED) is 0.884. The van der Waals surface area contributed by atoms with E-state index in [1.54, 1.807) is 0 Å². The molecule has 23 heavy (non-hydrogen) atoms. The molecule has 1 aromatic rings. The van der Waals surface area contributed by atoms with E-state index in [2.05, 4.69) is 10.3 Å². The second kappa shape index (κ2) is 6.64. The highest BCUT2D eigenvalue weighted by Crippen LogP contribution is 2.25. The number of halogens is 3. The summed E-state index contributed by atoms with van der Waals surface area (Å²) in [5.41, 5.74) is 3.07. The molecule has 0 spiro atoms. The van der Waals surface area contributed by atoms with Gasteiger partial charge in [-0.25, -0.2) is 0 Å². The van der Waals surface area contributed by atoms with Crippen molar-refractivity contribution in [3.8, 4) is 0 Å². The summed E-state index contributed by atoms with van der Waals surface area (Å²) in [7, 11) is 0. The number of aromatic amines is 1. The number of carbonyl (C=O) groups excluding carboxylic acids is 2. The van der Waals surface area contributed by atoms with Crippen molar-refractivity contribution in [3.63, 3.8) is 0 Å². The fourth-order valence-electron chi connectivity index (χ4n) is 2.92. The maximum Gasteiger partial charge on any atom is 0.471 e. The van der Waals surface area contributed by atoms with Gasteiger partial charge >= 0.3 is 12.1 Å². The largest absolute Gasteiger partial charge is 0.471 e. The van der Waals surface area contributed by atoms with Crippen LogP contribution in [0.3, 0.4) is 0 Å². The molecule has 1 fully saturated rings. The molecule has 2 rings (SSSR count). The third-order valence-corrected chi connectivity index (χ3v) is 4.01. The van der Waals surface area contributed by atoms with Crippen LogP contribution in [-0.2, 0) is 16.0 Å². The SMILES string of the molecule is Cc1cc(CCNC(=O)C2CCCN2C(=O)C(F)(F)F)c(C)[nH]1. The van der Waals surface area contributed by atoms with Crippen LogP contribution in [0, 0.1) is 13.8 Å². The van der Waals surface area contributed by atoms with Gasteiger partial charge in [0, 0.05) is 24.5 Å². The summed E-state index contributed by atoms with van der Waals surface area (Å²) in [4.78, 5) is 27.2. The molecule has 1 aliphatic rings. The van der Waals surface area contributed by atoms with Crippen molar-refractivity contribution in [1.82, 2.24) is 15.2 Å². The second-order valence-electron chi connectivity index (χ2n) is 5.80. The highest BCUT2D eigenvalue weighted by Gasteiger charge is 2.47. The predicted octanol–water partition coefficient (Wildman–Crippen LogP) is 1.84. The summed E-state index contributed by atoms with van der Waals surface area (Å²) < 4.78 is 37.6. The van der Waals surface area contributed by atoms with Gasteiger partial charge in [0.15, 0.2) is 0 Å². The van der Waals surface area contributed by atoms with Crippen molar-refractivity contribution in [2.75, 3.05) is 13.1 Å². The lowest BCUT2D eigenvalue weighted by Gasteiger charge is -2.24. The number of alkyl halides is 3. The van der Waals surface area contributed by atoms with Crippen LogP contribution in [0.1, 0.15) is 29.8 Å². The van der Waals surface area contributed by atoms with Crippen molar-refractivity contribution < 1.29 is 22.8 Å². The number of aromatic nitrogens is 1. The molecule has 5 nitrogen and oxygen atoms in total. The Labute approximate surface area is 132 Å². The number of H-pyrrole nitrogens is 1. The van der Waals surface area contributed by atoms with Crippen LogP contribution in [0.2, 0.25) is 0 Å². The highest BCUT2D eigenvalue weighted by molar-refractivity contribution is 5.90. The maximum absolute atomic E-state index is 12.5. The number of nitrogens with one attached hydrogen (secondary N) is 2. The minimum absolute atomic E-state index is 0.0352. The lowest BCUT2D eigenvalue weighted by Crippen LogP contribution is -2.50. The zero-order valence-corrected chi connectivity index (χ0v) is 13.1. The molecule has 2 N–H and O–H groups in total. The Balaban J connectivity index is 1.89. The van der Waals surface area contributed by atoms with E-state index in [9.17, 15) is 22.8 Å². The predicted molar refractivity (Wildman–Crippen MR) is 77.8 cm³/mol. The van der Waals surface area contributed by atoms with E-state index in [0.29, 0.717) is 24.3 Å². The molecule has 0 radical (unpaired) electrons. The van der Waals surface area contributed by atoms with Gasteiger partial charge in [0.25, 0.3) is 0 Å². The number of hydrogen-bond acceptors (Lipinski definition) is 2. The Hall–Kier alpha value is -1.99. The van der Waals surface area contributed by atoms with Crippen molar-refractivity contribution in [1.29, 1.82) is 0 Å². The van der Waals surface area contributed by atoms with Gasteiger partial charge in [-0.2, -0.15) is 13.2 Å². The summed E-state index contributed by atoms with van der Waals surface area (Å²) in [6.45, 7) is 4.13. The summed E-state index contributed by atoms with van der Waals surface area (Å²) in [5.74, 6) is -2.46. The van der Waals surface area contributed by atoms with Crippen LogP contribution < -0.4 is 5.32 Å². The summed E-state index contributed by atoms with van der Waals surface area (Å²) in [6.07, 6.45) is -3.70. The van der Waals surface area contributed by atoms with Crippen LogP contribution in [-0.4, -0.2) is 47.0 Å². The number of hydrogen-bond donors (Lipinski definition) is 2. The first kappa shape index (κ1) is 17.4. The molecule has 1 aromatic heterocycles. The van der Waals surface area contributed by atoms with E-state index in [1.807, 2.05) is 19.9 Å². The Morgan fingerprint density at radius 2 is 2.09 bits per heavy atom. The summed E-state index contributed by atoms with van der Waals surface area (Å²) >= 11 is 0. The Morgan fingerprint density at radius 3 is 2.65 bits per heavy atom. The molecule has 0 aliphatic carbocycles. The Bertz CT molecular complexity index is 595. The molecule has 1 saturated heterocycles. The first-order chi connectivity index (χ1) is 10.7. The van der Waals surface area contributed by atoms with Gasteiger partial charge in [0.2, 0.25) is 5.91 Å². The zero-order chi connectivity index (χ0) is 17.2. The first-order valence-corrected chi connectivity index (χ1v) is 7.50. The molecule has 0 bridgehead atoms. The van der Waals surface area contributed by atoms with Gasteiger partial charge < -0.3 is 15.2 Å². The molecule has 8 heteroatoms. The number of nitrogens with zero attached hydrogens (tertiary/aromatic N) is 1. The molecule has 1 unspecified atom stereocenters. The first-order valence-electron chi connectivity index (χ1n) is 7.50. The summed E-state index contributed by atoms with van der Waals surface area (Å²) in [6, 6.07) is 0.939. The van der Waals surface area contributed by atoms with Crippen molar-refractivity contribution in [2.24, 2.45) is 0 Å². The number of aryl methyl sites for hydroxylation is 2. The standard InChI is InChI=1S/C15H20F3N3O2/c1-9-8-11(10(2)20-9)5-6-19-13(22)12-4-3-7-21(12)14(23)15(16,17)18/h8,12,20H,3-7H2,1-2H3,(H,19,22). The molecular formula is C15H20F3N3O2. The van der Waals surface area contributed by atoms with E-state index in [0.717, 1.165) is 17.0 Å². The molecule has 0 aromatic carbocycles. The monoisotopic (exact) mass is 331 g/mol. The average Bonchev–Trinajstić information content (AvgIpc) is 3.03. The van der Waals surface area contributed by atoms with Gasteiger partial charge in [0.1, 0.15) is 6.04 Å². The van der Waals surface area contributed by atoms with Crippen LogP contribution in [0.15, 0.2) is 6.07 Å². The third-order valence-electron chi connectivity index (χ3n) is 4.01. The van der Waals surface area contributed by atoms with Crippen LogP contribution in [0.4, 0.5) is 13.2 Å². The Morgan fingerprint density at radius 1 is 1.39 bits per heavy atom. The Kier molecular flexibility index (Phi) is 5.01. The van der Waals surface area contributed by atoms with Crippen molar-refractivity contribution in [2.45, 2.75) is 45.3 Å². The van der Waals surface area contributed by atoms with Crippen LogP contribution >= 0.6 is 0 Å². The molecule has 2 heterocycles. The van der Waals surface area contributed by atoms with Crippen molar-refractivity contribution >= 4 is 11.8 Å². The van der Waals surface area contributed by atoms with E-state index in [-0.39, 0.29) is 13.0 Å². The smallest absolute Gasteiger partial charge is 0.362 e. The number of amides is 2. The minimum Gasteiger partial charge on any atom is -0.362 e. The lowest BCUT2D eigenvalue weighted by molar-refractivity contribution is -0.186. The third kappa shape index (κ3) is 4.05. The van der Waals surface area contributed by atoms with Gasteiger partial charge in [-0.3, -0.25) is 9.59 Å². The average molecular weight is 331 g/mol. The highest BCUT2D eigenvalue weighted by atomic mass is 19.4. The molecular weight excluding hydrogens is 311 g/mol. The normalized spacial score (nSPS) is 18.3. The van der Waals surface area contributed by atoms with E-state index < -0.39 is 24.0 Å². The van der Waals surface area contributed by atoms with E-state index in [4.69, 9.17) is 0 Å². The number of carbonyl (C=O) groups is 2. The fraction of sp³-hybridized carbons (Fsp3) is 0.600. The zero-order valence-electron chi connectivity index (χ0n) is 13.1. The molecule has 1 atom stereocenters. The van der Waals surface area contributed by atoms with E-state index >= 15 is 0 Å². The van der Waals surface area contributed by atoms with E-state index in [1.165, 1.54) is 0 Å². The molecule has 0 saturated carbocycles. The molecule has 2 amide bonds. The lowest BCUT2D eigenvalue weighted by atomic mass is 10.1. The topological polar surface area (TPSA) is 65.2 Å². The van der Waals surface area contributed by atoms with Gasteiger partial charge in [0.05, 0.1) is 0 Å². The van der Waals surface area contributed by atoms with Crippen molar-refractivity contribution in [3.05, 3.63) is 23.0 Å². The number of likely N-dealkylation sites (tertiary alicyclic amines) is 1. The minimum atomic E-state index is -4.94. The van der Waals surface area contributed by atoms with Gasteiger partial charge in [-0.05, 0) is 44.7 Å². The molecule has 128 valence electrons. The second-order valence-corrected chi connectivity index (χ2v) is 5.80. The van der Waals surface area contributed by atoms with Crippen LogP contribution in [0.5, 0.6) is 0 Å². The number of rotatable bonds is 4. The van der Waals surface area contributed by atoms with Gasteiger partial charge in [-0.15, -0.1) is 0 Å². The molecule has 1 aliphatic heterocycles.